The molecule has 0 spiro atoms. The molecule has 4 heteroatoms. The van der Waals surface area contributed by atoms with Gasteiger partial charge in [-0.2, -0.15) is 0 Å². The van der Waals surface area contributed by atoms with Gasteiger partial charge in [0, 0.05) is 12.1 Å². The van der Waals surface area contributed by atoms with Crippen molar-refractivity contribution >= 4 is 5.91 Å². The van der Waals surface area contributed by atoms with Crippen molar-refractivity contribution in [1.29, 1.82) is 0 Å². The molecular weight excluding hydrogens is 314 g/mol. The molecule has 0 aliphatic rings. The van der Waals surface area contributed by atoms with Gasteiger partial charge in [0.05, 0.1) is 5.56 Å². The zero-order valence-corrected chi connectivity index (χ0v) is 14.6. The van der Waals surface area contributed by atoms with Gasteiger partial charge in [-0.3, -0.25) is 4.79 Å². The van der Waals surface area contributed by atoms with E-state index in [0.29, 0.717) is 17.9 Å². The Morgan fingerprint density at radius 3 is 2.36 bits per heavy atom. The number of carbonyl (C=O) groups is 1. The Balaban J connectivity index is 1.67. The van der Waals surface area contributed by atoms with Gasteiger partial charge in [-0.1, -0.05) is 30.3 Å². The van der Waals surface area contributed by atoms with Crippen molar-refractivity contribution < 1.29 is 13.9 Å². The summed E-state index contributed by atoms with van der Waals surface area (Å²) in [6, 6.07) is 17.3. The molecule has 1 amide bonds. The van der Waals surface area contributed by atoms with Crippen LogP contribution in [0.4, 0.5) is 0 Å². The molecule has 1 N–H and O–H groups in total. The van der Waals surface area contributed by atoms with Gasteiger partial charge in [-0.25, -0.2) is 0 Å². The molecule has 0 bridgehead atoms. The van der Waals surface area contributed by atoms with Crippen LogP contribution in [0, 0.1) is 20.8 Å². The van der Waals surface area contributed by atoms with E-state index in [1.54, 1.807) is 0 Å². The number of nitrogens with one attached hydrogen (secondary N) is 1. The largest absolute Gasteiger partial charge is 0.466 e. The van der Waals surface area contributed by atoms with Crippen molar-refractivity contribution in [2.24, 2.45) is 0 Å². The van der Waals surface area contributed by atoms with Crippen LogP contribution in [-0.4, -0.2) is 5.91 Å². The number of hydrogen-bond acceptors (Lipinski definition) is 3. The van der Waals surface area contributed by atoms with E-state index in [0.717, 1.165) is 28.4 Å². The van der Waals surface area contributed by atoms with Gasteiger partial charge >= 0.3 is 0 Å². The summed E-state index contributed by atoms with van der Waals surface area (Å²) < 4.78 is 11.3. The van der Waals surface area contributed by atoms with Crippen molar-refractivity contribution in [2.45, 2.75) is 27.3 Å². The lowest BCUT2D eigenvalue weighted by atomic mass is 10.1. The molecular formula is C21H21NO3. The number of aryl methyl sites for hydroxylation is 2. The molecule has 0 fully saturated rings. The lowest BCUT2D eigenvalue weighted by molar-refractivity contribution is 0.0949. The van der Waals surface area contributed by atoms with Crippen molar-refractivity contribution in [2.75, 3.05) is 0 Å². The first-order valence-corrected chi connectivity index (χ1v) is 8.21. The molecule has 0 aliphatic carbocycles. The lowest BCUT2D eigenvalue weighted by Gasteiger charge is -2.09. The molecule has 1 heterocycles. The monoisotopic (exact) mass is 335 g/mol. The highest BCUT2D eigenvalue weighted by Gasteiger charge is 2.18. The minimum absolute atomic E-state index is 0.124. The molecule has 0 saturated carbocycles. The van der Waals surface area contributed by atoms with Crippen LogP contribution in [0.5, 0.6) is 11.5 Å². The summed E-state index contributed by atoms with van der Waals surface area (Å²) in [5.74, 6) is 2.82. The summed E-state index contributed by atoms with van der Waals surface area (Å²) in [5.41, 5.74) is 2.47. The number of ether oxygens (including phenoxy) is 1. The fraction of sp³-hybridized carbons (Fsp3) is 0.190. The highest BCUT2D eigenvalue weighted by molar-refractivity contribution is 5.96. The van der Waals surface area contributed by atoms with Crippen LogP contribution < -0.4 is 10.1 Å². The number of carbonyl (C=O) groups excluding carboxylic acids is 1. The van der Waals surface area contributed by atoms with Crippen molar-refractivity contribution in [3.05, 3.63) is 82.8 Å². The second-order valence-electron chi connectivity index (χ2n) is 5.96. The van der Waals surface area contributed by atoms with Gasteiger partial charge < -0.3 is 14.5 Å². The standard InChI is InChI=1S/C21H21NO3/c1-14-15(2)24-16(3)20(14)21(23)22-13-17-8-7-11-19(12-17)25-18-9-5-4-6-10-18/h4-12H,13H2,1-3H3,(H,22,23). The highest BCUT2D eigenvalue weighted by Crippen LogP contribution is 2.23. The zero-order valence-electron chi connectivity index (χ0n) is 14.6. The fourth-order valence-electron chi connectivity index (χ4n) is 2.74. The van der Waals surface area contributed by atoms with E-state index in [-0.39, 0.29) is 5.91 Å². The SMILES string of the molecule is Cc1oc(C)c(C(=O)NCc2cccc(Oc3ccccc3)c2)c1C. The van der Waals surface area contributed by atoms with Crippen molar-refractivity contribution in [3.8, 4) is 11.5 Å². The number of rotatable bonds is 5. The Kier molecular flexibility index (Phi) is 4.89. The number of furan rings is 1. The van der Waals surface area contributed by atoms with Crippen LogP contribution in [-0.2, 0) is 6.54 Å². The summed E-state index contributed by atoms with van der Waals surface area (Å²) in [4.78, 5) is 12.4. The summed E-state index contributed by atoms with van der Waals surface area (Å²) >= 11 is 0. The Morgan fingerprint density at radius 2 is 1.68 bits per heavy atom. The van der Waals surface area contributed by atoms with Crippen molar-refractivity contribution in [3.63, 3.8) is 0 Å². The number of hydrogen-bond donors (Lipinski definition) is 1. The van der Waals surface area contributed by atoms with E-state index in [4.69, 9.17) is 9.15 Å². The topological polar surface area (TPSA) is 51.5 Å². The first-order valence-electron chi connectivity index (χ1n) is 8.21. The van der Waals surface area contributed by atoms with E-state index in [2.05, 4.69) is 5.32 Å². The molecule has 0 saturated heterocycles. The summed E-state index contributed by atoms with van der Waals surface area (Å²) in [5, 5.41) is 2.95. The second kappa shape index (κ2) is 7.26. The summed E-state index contributed by atoms with van der Waals surface area (Å²) in [7, 11) is 0. The van der Waals surface area contributed by atoms with Gasteiger partial charge in [-0.05, 0) is 50.6 Å². The highest BCUT2D eigenvalue weighted by atomic mass is 16.5. The third kappa shape index (κ3) is 3.91. The molecule has 2 aromatic carbocycles. The van der Waals surface area contributed by atoms with E-state index < -0.39 is 0 Å². The Labute approximate surface area is 147 Å². The maximum absolute atomic E-state index is 12.4. The smallest absolute Gasteiger partial charge is 0.255 e. The molecule has 0 unspecified atom stereocenters. The zero-order chi connectivity index (χ0) is 17.8. The quantitative estimate of drug-likeness (QED) is 0.719. The molecule has 0 aliphatic heterocycles. The summed E-state index contributed by atoms with van der Waals surface area (Å²) in [6.07, 6.45) is 0. The lowest BCUT2D eigenvalue weighted by Crippen LogP contribution is -2.23. The number of para-hydroxylation sites is 1. The molecule has 128 valence electrons. The average Bonchev–Trinajstić information content (AvgIpc) is 2.86. The molecule has 4 nitrogen and oxygen atoms in total. The first kappa shape index (κ1) is 16.8. The first-order chi connectivity index (χ1) is 12.0. The third-order valence-corrected chi connectivity index (χ3v) is 4.12. The Morgan fingerprint density at radius 1 is 0.960 bits per heavy atom. The van der Waals surface area contributed by atoms with Gasteiger partial charge in [0.2, 0.25) is 0 Å². The molecule has 0 atom stereocenters. The van der Waals surface area contributed by atoms with E-state index >= 15 is 0 Å². The van der Waals surface area contributed by atoms with Crippen LogP contribution >= 0.6 is 0 Å². The minimum atomic E-state index is -0.124. The molecule has 0 radical (unpaired) electrons. The fourth-order valence-corrected chi connectivity index (χ4v) is 2.74. The predicted molar refractivity (Wildman–Crippen MR) is 97.0 cm³/mol. The Bertz CT molecular complexity index is 881. The average molecular weight is 335 g/mol. The van der Waals surface area contributed by atoms with Crippen LogP contribution in [0.1, 0.15) is 33.0 Å². The van der Waals surface area contributed by atoms with E-state index in [9.17, 15) is 4.79 Å². The predicted octanol–water partition coefficient (Wildman–Crippen LogP) is 4.93. The second-order valence-corrected chi connectivity index (χ2v) is 5.96. The molecule has 25 heavy (non-hydrogen) atoms. The number of amides is 1. The third-order valence-electron chi connectivity index (χ3n) is 4.12. The normalized spacial score (nSPS) is 10.5. The summed E-state index contributed by atoms with van der Waals surface area (Å²) in [6.45, 7) is 6.00. The number of benzene rings is 2. The maximum Gasteiger partial charge on any atom is 0.255 e. The van der Waals surface area contributed by atoms with Crippen LogP contribution in [0.2, 0.25) is 0 Å². The van der Waals surface area contributed by atoms with Gasteiger partial charge in [-0.15, -0.1) is 0 Å². The Hall–Kier alpha value is -3.01. The minimum Gasteiger partial charge on any atom is -0.466 e. The van der Waals surface area contributed by atoms with E-state index in [1.165, 1.54) is 0 Å². The maximum atomic E-state index is 12.4. The molecule has 3 aromatic rings. The van der Waals surface area contributed by atoms with Gasteiger partial charge in [0.1, 0.15) is 23.0 Å². The van der Waals surface area contributed by atoms with Gasteiger partial charge in [0.25, 0.3) is 5.91 Å². The van der Waals surface area contributed by atoms with Crippen LogP contribution in [0.25, 0.3) is 0 Å². The van der Waals surface area contributed by atoms with Gasteiger partial charge in [0.15, 0.2) is 0 Å². The van der Waals surface area contributed by atoms with Crippen LogP contribution in [0.15, 0.2) is 59.0 Å². The molecule has 3 rings (SSSR count). The van der Waals surface area contributed by atoms with Crippen molar-refractivity contribution in [1.82, 2.24) is 5.32 Å². The van der Waals surface area contributed by atoms with Crippen LogP contribution in [0.3, 0.4) is 0 Å². The van der Waals surface area contributed by atoms with E-state index in [1.807, 2.05) is 75.4 Å². The molecule has 1 aromatic heterocycles.